The number of benzene rings is 3. The molecule has 1 atom stereocenters. The van der Waals surface area contributed by atoms with Crippen molar-refractivity contribution in [3.05, 3.63) is 76.8 Å². The minimum absolute atomic E-state index is 0.0993. The molecule has 39 heavy (non-hydrogen) atoms. The monoisotopic (exact) mass is 614 g/mol. The molecule has 0 aromatic heterocycles. The predicted molar refractivity (Wildman–Crippen MR) is 159 cm³/mol. The second kappa shape index (κ2) is 12.4. The molecule has 0 radical (unpaired) electrons. The molecule has 3 aromatic rings. The highest BCUT2D eigenvalue weighted by molar-refractivity contribution is 9.10. The van der Waals surface area contributed by atoms with E-state index in [1.165, 1.54) is 22.0 Å². The van der Waals surface area contributed by atoms with Crippen LogP contribution in [0.15, 0.2) is 76.1 Å². The summed E-state index contributed by atoms with van der Waals surface area (Å²) in [6, 6.07) is 20.0. The Morgan fingerprint density at radius 1 is 1.05 bits per heavy atom. The molecule has 1 N–H and O–H groups in total. The number of carbonyl (C=O) groups is 1. The summed E-state index contributed by atoms with van der Waals surface area (Å²) in [4.78, 5) is 17.6. The second-order valence-electron chi connectivity index (χ2n) is 9.56. The van der Waals surface area contributed by atoms with E-state index in [-0.39, 0.29) is 17.0 Å². The number of carbonyl (C=O) groups excluding carboxylic acids is 1. The molecule has 1 aliphatic rings. The van der Waals surface area contributed by atoms with Gasteiger partial charge in [0.1, 0.15) is 5.75 Å². The lowest BCUT2D eigenvalue weighted by Gasteiger charge is -2.41. The molecule has 0 aliphatic carbocycles. The van der Waals surface area contributed by atoms with Crippen molar-refractivity contribution in [2.24, 2.45) is 0 Å². The van der Waals surface area contributed by atoms with Gasteiger partial charge in [-0.25, -0.2) is 13.2 Å². The number of ether oxygens (including phenoxy) is 1. The summed E-state index contributed by atoms with van der Waals surface area (Å²) in [5.74, 6) is 0.920. The fraction of sp³-hybridized carbons (Fsp3) is 0.345. The molecule has 4 rings (SSSR count). The number of nitrogens with one attached hydrogen (secondary N) is 1. The van der Waals surface area contributed by atoms with Crippen LogP contribution in [0.2, 0.25) is 0 Å². The van der Waals surface area contributed by atoms with Crippen molar-refractivity contribution in [3.8, 4) is 11.5 Å². The van der Waals surface area contributed by atoms with Crippen molar-refractivity contribution < 1.29 is 17.9 Å². The number of anilines is 2. The van der Waals surface area contributed by atoms with Crippen LogP contribution >= 0.6 is 15.9 Å². The van der Waals surface area contributed by atoms with Crippen molar-refractivity contribution in [3.63, 3.8) is 0 Å². The van der Waals surface area contributed by atoms with Crippen molar-refractivity contribution in [2.75, 3.05) is 42.9 Å². The van der Waals surface area contributed by atoms with Gasteiger partial charge in [-0.2, -0.15) is 4.31 Å². The normalized spacial score (nSPS) is 15.9. The first kappa shape index (κ1) is 28.9. The van der Waals surface area contributed by atoms with Gasteiger partial charge in [0.15, 0.2) is 5.75 Å². The molecule has 0 saturated carbocycles. The Morgan fingerprint density at radius 3 is 2.41 bits per heavy atom. The van der Waals surface area contributed by atoms with Crippen LogP contribution < -0.4 is 15.0 Å². The zero-order chi connectivity index (χ0) is 28.2. The Bertz CT molecular complexity index is 1410. The molecule has 1 heterocycles. The molecule has 0 spiro atoms. The van der Waals surface area contributed by atoms with Crippen molar-refractivity contribution >= 4 is 43.4 Å². The predicted octanol–water partition coefficient (Wildman–Crippen LogP) is 6.32. The standard InChI is InChI=1S/C29H35BrN4O4S/c1-5-33(6-2)39(36,37)26-14-15-28(38-25-12-10-23(30)11-13-25)27(19-26)31-29(35)32-16-17-34(22(4)20-32)24-9-7-8-21(3)18-24/h7-15,18-19,22H,5-6,16-17,20H2,1-4H3,(H,31,35). The van der Waals surface area contributed by atoms with Gasteiger partial charge in [0.05, 0.1) is 10.6 Å². The number of aryl methyl sites for hydroxylation is 1. The van der Waals surface area contributed by atoms with E-state index in [0.717, 1.165) is 10.2 Å². The molecule has 1 saturated heterocycles. The SMILES string of the molecule is CCN(CC)S(=O)(=O)c1ccc(Oc2ccc(Br)cc2)c(NC(=O)N2CCN(c3cccc(C)c3)C(C)C2)c1. The van der Waals surface area contributed by atoms with Crippen LogP contribution in [0.4, 0.5) is 16.2 Å². The van der Waals surface area contributed by atoms with Crippen LogP contribution in [-0.2, 0) is 10.0 Å². The fourth-order valence-electron chi connectivity index (χ4n) is 4.72. The second-order valence-corrected chi connectivity index (χ2v) is 12.4. The Labute approximate surface area is 239 Å². The molecule has 8 nitrogen and oxygen atoms in total. The lowest BCUT2D eigenvalue weighted by atomic mass is 10.1. The number of piperazine rings is 1. The summed E-state index contributed by atoms with van der Waals surface area (Å²) >= 11 is 3.42. The van der Waals surface area contributed by atoms with E-state index in [4.69, 9.17) is 4.74 Å². The van der Waals surface area contributed by atoms with Gasteiger partial charge in [-0.3, -0.25) is 0 Å². The lowest BCUT2D eigenvalue weighted by Crippen LogP contribution is -2.54. The van der Waals surface area contributed by atoms with E-state index in [2.05, 4.69) is 58.2 Å². The van der Waals surface area contributed by atoms with Gasteiger partial charge in [0, 0.05) is 48.9 Å². The Hall–Kier alpha value is -3.08. The van der Waals surface area contributed by atoms with Gasteiger partial charge < -0.3 is 19.9 Å². The maximum absolute atomic E-state index is 13.4. The van der Waals surface area contributed by atoms with E-state index in [0.29, 0.717) is 49.9 Å². The van der Waals surface area contributed by atoms with E-state index >= 15 is 0 Å². The molecular formula is C29H35BrN4O4S. The molecule has 0 bridgehead atoms. The van der Waals surface area contributed by atoms with Gasteiger partial charge >= 0.3 is 6.03 Å². The fourth-order valence-corrected chi connectivity index (χ4v) is 6.47. The third-order valence-corrected chi connectivity index (χ3v) is 9.40. The van der Waals surface area contributed by atoms with Gasteiger partial charge in [-0.15, -0.1) is 0 Å². The maximum Gasteiger partial charge on any atom is 0.322 e. The molecule has 2 amide bonds. The molecule has 10 heteroatoms. The zero-order valence-electron chi connectivity index (χ0n) is 22.7. The van der Waals surface area contributed by atoms with Crippen LogP contribution in [0, 0.1) is 6.92 Å². The number of hydrogen-bond donors (Lipinski definition) is 1. The van der Waals surface area contributed by atoms with Gasteiger partial charge in [0.2, 0.25) is 10.0 Å². The van der Waals surface area contributed by atoms with Crippen molar-refractivity contribution in [1.29, 1.82) is 0 Å². The minimum Gasteiger partial charge on any atom is -0.455 e. The van der Waals surface area contributed by atoms with Gasteiger partial charge in [0.25, 0.3) is 0 Å². The summed E-state index contributed by atoms with van der Waals surface area (Å²) in [6.45, 7) is 10.2. The molecule has 1 aliphatic heterocycles. The quantitative estimate of drug-likeness (QED) is 0.321. The first-order valence-electron chi connectivity index (χ1n) is 13.1. The highest BCUT2D eigenvalue weighted by Crippen LogP contribution is 2.34. The van der Waals surface area contributed by atoms with Gasteiger partial charge in [-0.05, 0) is 74.0 Å². The van der Waals surface area contributed by atoms with E-state index in [9.17, 15) is 13.2 Å². The first-order chi connectivity index (χ1) is 18.6. The average Bonchev–Trinajstić information content (AvgIpc) is 2.91. The molecule has 1 unspecified atom stereocenters. The lowest BCUT2D eigenvalue weighted by molar-refractivity contribution is 0.200. The first-order valence-corrected chi connectivity index (χ1v) is 15.3. The van der Waals surface area contributed by atoms with Crippen LogP contribution in [0.1, 0.15) is 26.3 Å². The summed E-state index contributed by atoms with van der Waals surface area (Å²) < 4.78 is 34.8. The third kappa shape index (κ3) is 6.74. The Balaban J connectivity index is 1.58. The van der Waals surface area contributed by atoms with Crippen LogP contribution in [0.25, 0.3) is 0 Å². The number of urea groups is 1. The highest BCUT2D eigenvalue weighted by Gasteiger charge is 2.29. The van der Waals surface area contributed by atoms with Crippen molar-refractivity contribution in [2.45, 2.75) is 38.6 Å². The average molecular weight is 616 g/mol. The largest absolute Gasteiger partial charge is 0.455 e. The van der Waals surface area contributed by atoms with E-state index in [1.807, 2.05) is 18.2 Å². The van der Waals surface area contributed by atoms with E-state index in [1.54, 1.807) is 36.9 Å². The van der Waals surface area contributed by atoms with Gasteiger partial charge in [-0.1, -0.05) is 41.9 Å². The van der Waals surface area contributed by atoms with Crippen molar-refractivity contribution in [1.82, 2.24) is 9.21 Å². The summed E-state index contributed by atoms with van der Waals surface area (Å²) in [5.41, 5.74) is 2.63. The maximum atomic E-state index is 13.4. The smallest absolute Gasteiger partial charge is 0.322 e. The minimum atomic E-state index is -3.73. The molecule has 1 fully saturated rings. The molecule has 3 aromatic carbocycles. The number of amides is 2. The highest BCUT2D eigenvalue weighted by atomic mass is 79.9. The van der Waals surface area contributed by atoms with Crippen LogP contribution in [0.3, 0.4) is 0 Å². The zero-order valence-corrected chi connectivity index (χ0v) is 25.1. The molecular weight excluding hydrogens is 580 g/mol. The summed E-state index contributed by atoms with van der Waals surface area (Å²) in [5, 5.41) is 2.93. The summed E-state index contributed by atoms with van der Waals surface area (Å²) in [7, 11) is -3.73. The topological polar surface area (TPSA) is 82.2 Å². The Morgan fingerprint density at radius 2 is 1.77 bits per heavy atom. The van der Waals surface area contributed by atoms with Crippen LogP contribution in [-0.4, -0.2) is 62.4 Å². The molecule has 208 valence electrons. The van der Waals surface area contributed by atoms with E-state index < -0.39 is 10.0 Å². The number of halogens is 1. The van der Waals surface area contributed by atoms with Crippen LogP contribution in [0.5, 0.6) is 11.5 Å². The number of hydrogen-bond acceptors (Lipinski definition) is 5. The third-order valence-electron chi connectivity index (χ3n) is 6.83. The number of nitrogens with zero attached hydrogens (tertiary/aromatic N) is 3. The summed E-state index contributed by atoms with van der Waals surface area (Å²) in [6.07, 6.45) is 0. The number of sulfonamides is 1. The number of rotatable bonds is 8. The Kier molecular flexibility index (Phi) is 9.19.